The van der Waals surface area contributed by atoms with Crippen LogP contribution in [0.3, 0.4) is 0 Å². The standard InChI is InChI=1S/C35H31F3N2O5/c1-19-16-25-23(9-11-27(41)40(25)18-20-6-5-7-22(17-20)35(36,37)38)30(28(19)32(33(42)43)45-34(2,3)4)24-8-10-26-29-21(13-15-44-26)12-14-39-31(24)29/h5-12,14,16-17,32H,13,15,18H2,1-4H3,(H,42,43)/t32-/m0/s1. The molecule has 1 aliphatic heterocycles. The molecule has 3 heterocycles. The van der Waals surface area contributed by atoms with E-state index >= 15 is 0 Å². The van der Waals surface area contributed by atoms with E-state index < -0.39 is 35.0 Å². The van der Waals surface area contributed by atoms with E-state index in [1.54, 1.807) is 46.0 Å². The number of rotatable bonds is 6. The monoisotopic (exact) mass is 616 g/mol. The normalized spacial score (nSPS) is 14.0. The molecule has 2 aromatic heterocycles. The van der Waals surface area contributed by atoms with Crippen LogP contribution in [0.4, 0.5) is 13.2 Å². The molecule has 0 amide bonds. The number of aliphatic carboxylic acids is 1. The first-order valence-electron chi connectivity index (χ1n) is 14.5. The molecule has 3 aromatic carbocycles. The molecule has 5 aromatic rings. The Kier molecular flexibility index (Phi) is 7.43. The van der Waals surface area contributed by atoms with Crippen molar-refractivity contribution < 1.29 is 32.5 Å². The van der Waals surface area contributed by atoms with Crippen molar-refractivity contribution >= 4 is 27.8 Å². The lowest BCUT2D eigenvalue weighted by atomic mass is 9.86. The minimum atomic E-state index is -4.54. The Morgan fingerprint density at radius 3 is 2.58 bits per heavy atom. The van der Waals surface area contributed by atoms with Crippen LogP contribution in [0.25, 0.3) is 32.9 Å². The minimum absolute atomic E-state index is 0.130. The molecule has 1 atom stereocenters. The van der Waals surface area contributed by atoms with Gasteiger partial charge in [-0.15, -0.1) is 0 Å². The molecule has 1 N–H and O–H groups in total. The van der Waals surface area contributed by atoms with Crippen LogP contribution in [0.15, 0.2) is 71.7 Å². The molecule has 0 bridgehead atoms. The second-order valence-electron chi connectivity index (χ2n) is 12.2. The van der Waals surface area contributed by atoms with Gasteiger partial charge in [-0.1, -0.05) is 12.1 Å². The van der Waals surface area contributed by atoms with Gasteiger partial charge in [-0.3, -0.25) is 9.78 Å². The van der Waals surface area contributed by atoms with Gasteiger partial charge >= 0.3 is 12.1 Å². The first-order chi connectivity index (χ1) is 21.2. The van der Waals surface area contributed by atoms with Gasteiger partial charge in [-0.05, 0) is 92.4 Å². The van der Waals surface area contributed by atoms with Gasteiger partial charge in [0, 0.05) is 40.6 Å². The smallest absolute Gasteiger partial charge is 0.416 e. The molecule has 6 rings (SSSR count). The maximum atomic E-state index is 13.5. The number of nitrogens with zero attached hydrogens (tertiary/aromatic N) is 2. The van der Waals surface area contributed by atoms with Crippen LogP contribution in [-0.4, -0.2) is 32.8 Å². The number of aromatic nitrogens is 2. The molecule has 1 aliphatic rings. The number of aryl methyl sites for hydroxylation is 1. The molecule has 10 heteroatoms. The molecule has 0 aliphatic carbocycles. The average Bonchev–Trinajstić information content (AvgIpc) is 2.97. The van der Waals surface area contributed by atoms with Gasteiger partial charge < -0.3 is 19.1 Å². The summed E-state index contributed by atoms with van der Waals surface area (Å²) >= 11 is 0. The van der Waals surface area contributed by atoms with Gasteiger partial charge in [0.1, 0.15) is 5.75 Å². The Labute approximate surface area is 256 Å². The summed E-state index contributed by atoms with van der Waals surface area (Å²) in [5.74, 6) is -0.520. The van der Waals surface area contributed by atoms with Gasteiger partial charge in [-0.25, -0.2) is 4.79 Å². The van der Waals surface area contributed by atoms with E-state index in [1.807, 2.05) is 18.2 Å². The lowest BCUT2D eigenvalue weighted by Crippen LogP contribution is -2.28. The predicted octanol–water partition coefficient (Wildman–Crippen LogP) is 7.47. The highest BCUT2D eigenvalue weighted by Gasteiger charge is 2.33. The van der Waals surface area contributed by atoms with Crippen molar-refractivity contribution in [1.29, 1.82) is 0 Å². The number of carboxylic acid groups (broad SMARTS) is 1. The summed E-state index contributed by atoms with van der Waals surface area (Å²) in [7, 11) is 0. The van der Waals surface area contributed by atoms with Gasteiger partial charge in [0.2, 0.25) is 0 Å². The zero-order valence-electron chi connectivity index (χ0n) is 25.2. The van der Waals surface area contributed by atoms with Gasteiger partial charge in [-0.2, -0.15) is 13.2 Å². The fourth-order valence-electron chi connectivity index (χ4n) is 6.10. The molecular weight excluding hydrogens is 585 g/mol. The maximum absolute atomic E-state index is 13.5. The number of hydrogen-bond donors (Lipinski definition) is 1. The minimum Gasteiger partial charge on any atom is -0.493 e. The summed E-state index contributed by atoms with van der Waals surface area (Å²) in [6, 6.07) is 15.1. The molecule has 0 saturated carbocycles. The number of hydrogen-bond acceptors (Lipinski definition) is 5. The average molecular weight is 617 g/mol. The Morgan fingerprint density at radius 2 is 1.87 bits per heavy atom. The lowest BCUT2D eigenvalue weighted by molar-refractivity contribution is -0.160. The third-order valence-corrected chi connectivity index (χ3v) is 7.93. The SMILES string of the molecule is Cc1cc2c(ccc(=O)n2Cc2cccc(C(F)(F)F)c2)c(-c2ccc3c4c(ccnc24)CCO3)c1[C@H](OC(C)(C)C)C(=O)O. The second kappa shape index (κ2) is 11.0. The number of carboxylic acids is 1. The van der Waals surface area contributed by atoms with Crippen molar-refractivity contribution in [3.05, 3.63) is 105 Å². The highest BCUT2D eigenvalue weighted by Crippen LogP contribution is 2.45. The first kappa shape index (κ1) is 30.3. The van der Waals surface area contributed by atoms with E-state index in [1.165, 1.54) is 22.8 Å². The number of alkyl halides is 3. The lowest BCUT2D eigenvalue weighted by Gasteiger charge is -2.29. The summed E-state index contributed by atoms with van der Waals surface area (Å²) in [5, 5.41) is 11.8. The third kappa shape index (κ3) is 5.66. The first-order valence-corrected chi connectivity index (χ1v) is 14.5. The molecule has 0 saturated heterocycles. The van der Waals surface area contributed by atoms with Crippen molar-refractivity contribution in [1.82, 2.24) is 9.55 Å². The largest absolute Gasteiger partial charge is 0.493 e. The molecule has 232 valence electrons. The Hall–Kier alpha value is -4.70. The van der Waals surface area contributed by atoms with Crippen LogP contribution in [0, 0.1) is 6.92 Å². The Bertz CT molecular complexity index is 2030. The summed E-state index contributed by atoms with van der Waals surface area (Å²) < 4.78 is 54.0. The number of pyridine rings is 2. The highest BCUT2D eigenvalue weighted by molar-refractivity contribution is 6.08. The van der Waals surface area contributed by atoms with Gasteiger partial charge in [0.25, 0.3) is 5.56 Å². The molecule has 0 fully saturated rings. The van der Waals surface area contributed by atoms with Crippen molar-refractivity contribution in [2.45, 2.75) is 58.5 Å². The molecule has 7 nitrogen and oxygen atoms in total. The number of carbonyl (C=O) groups is 1. The topological polar surface area (TPSA) is 90.7 Å². The Balaban J connectivity index is 1.69. The van der Waals surface area contributed by atoms with E-state index in [2.05, 4.69) is 0 Å². The van der Waals surface area contributed by atoms with Crippen LogP contribution in [-0.2, 0) is 28.7 Å². The van der Waals surface area contributed by atoms with Crippen molar-refractivity contribution in [3.8, 4) is 16.9 Å². The third-order valence-electron chi connectivity index (χ3n) is 7.93. The highest BCUT2D eigenvalue weighted by atomic mass is 19.4. The fourth-order valence-corrected chi connectivity index (χ4v) is 6.10. The van der Waals surface area contributed by atoms with Crippen LogP contribution in [0.2, 0.25) is 0 Å². The Morgan fingerprint density at radius 1 is 1.09 bits per heavy atom. The fraction of sp³-hybridized carbons (Fsp3) is 0.286. The summed E-state index contributed by atoms with van der Waals surface area (Å²) in [5.41, 5.74) is 2.40. The van der Waals surface area contributed by atoms with E-state index in [9.17, 15) is 27.9 Å². The summed E-state index contributed by atoms with van der Waals surface area (Å²) in [4.78, 5) is 30.9. The van der Waals surface area contributed by atoms with E-state index in [0.29, 0.717) is 63.0 Å². The number of ether oxygens (including phenoxy) is 2. The molecule has 0 radical (unpaired) electrons. The van der Waals surface area contributed by atoms with Gasteiger partial charge in [0.05, 0.1) is 35.3 Å². The van der Waals surface area contributed by atoms with E-state index in [-0.39, 0.29) is 6.54 Å². The van der Waals surface area contributed by atoms with Crippen LogP contribution in [0.1, 0.15) is 54.7 Å². The molecular formula is C35H31F3N2O5. The second-order valence-corrected chi connectivity index (χ2v) is 12.2. The summed E-state index contributed by atoms with van der Waals surface area (Å²) in [6.45, 7) is 7.45. The zero-order chi connectivity index (χ0) is 32.3. The maximum Gasteiger partial charge on any atom is 0.416 e. The molecule has 0 spiro atoms. The predicted molar refractivity (Wildman–Crippen MR) is 165 cm³/mol. The van der Waals surface area contributed by atoms with Crippen molar-refractivity contribution in [2.75, 3.05) is 6.61 Å². The number of benzene rings is 3. The number of fused-ring (bicyclic) bond motifs is 1. The van der Waals surface area contributed by atoms with Gasteiger partial charge in [0.15, 0.2) is 6.10 Å². The molecule has 45 heavy (non-hydrogen) atoms. The van der Waals surface area contributed by atoms with Crippen molar-refractivity contribution in [2.24, 2.45) is 0 Å². The van der Waals surface area contributed by atoms with E-state index in [4.69, 9.17) is 14.5 Å². The zero-order valence-corrected chi connectivity index (χ0v) is 25.2. The van der Waals surface area contributed by atoms with Crippen molar-refractivity contribution in [3.63, 3.8) is 0 Å². The van der Waals surface area contributed by atoms with Crippen LogP contribution < -0.4 is 10.3 Å². The van der Waals surface area contributed by atoms with E-state index in [0.717, 1.165) is 23.1 Å². The quantitative estimate of drug-likeness (QED) is 0.213. The number of halogens is 3. The van der Waals surface area contributed by atoms with Crippen LogP contribution >= 0.6 is 0 Å². The summed E-state index contributed by atoms with van der Waals surface area (Å²) in [6.07, 6.45) is -3.53. The molecule has 0 unspecified atom stereocenters. The van der Waals surface area contributed by atoms with Crippen LogP contribution in [0.5, 0.6) is 5.75 Å².